The van der Waals surface area contributed by atoms with Crippen molar-refractivity contribution < 1.29 is 48.1 Å². The molecule has 1 aliphatic heterocycles. The molecule has 0 aliphatic carbocycles. The number of benzene rings is 5. The molecule has 0 unspecified atom stereocenters. The van der Waals surface area contributed by atoms with Crippen LogP contribution < -0.4 is 36.6 Å². The number of aryl methyl sites for hydroxylation is 1. The molecule has 1 heterocycles. The Morgan fingerprint density at radius 2 is 1.20 bits per heavy atom. The van der Waals surface area contributed by atoms with Gasteiger partial charge in [0.2, 0.25) is 17.7 Å². The molecule has 1 aliphatic rings. The monoisotopic (exact) mass is 898 g/mol. The topological polar surface area (TPSA) is 223 Å². The molecule has 0 radical (unpaired) electrons. The number of hydrogen-bond donors (Lipinski definition) is 7. The van der Waals surface area contributed by atoms with Gasteiger partial charge in [0.1, 0.15) is 43.7 Å². The number of fused-ring (bicyclic) bond motifs is 5. The number of rotatable bonds is 16. The molecule has 0 saturated carbocycles. The third-order valence-corrected chi connectivity index (χ3v) is 10.8. The summed E-state index contributed by atoms with van der Waals surface area (Å²) in [6.45, 7) is 2.10. The van der Waals surface area contributed by atoms with Gasteiger partial charge in [0, 0.05) is 32.5 Å². The van der Waals surface area contributed by atoms with E-state index in [9.17, 15) is 33.9 Å². The van der Waals surface area contributed by atoms with Gasteiger partial charge in [-0.15, -0.1) is 0 Å². The summed E-state index contributed by atoms with van der Waals surface area (Å²) in [6.07, 6.45) is -2.76. The van der Waals surface area contributed by atoms with Crippen LogP contribution in [-0.2, 0) is 56.5 Å². The number of carboxylic acid groups (broad SMARTS) is 1. The van der Waals surface area contributed by atoms with Gasteiger partial charge in [-0.3, -0.25) is 14.4 Å². The molecule has 5 aromatic carbocycles. The van der Waals surface area contributed by atoms with Crippen molar-refractivity contribution in [3.8, 4) is 16.9 Å². The van der Waals surface area contributed by atoms with Crippen LogP contribution in [0, 0.1) is 6.92 Å². The average Bonchev–Trinajstić information content (AvgIpc) is 3.32. The molecule has 6 rings (SSSR count). The Hall–Kier alpha value is -7.88. The van der Waals surface area contributed by atoms with Crippen LogP contribution in [0.3, 0.4) is 0 Å². The smallest absolute Gasteiger partial charge is 0.408 e. The molecule has 344 valence electrons. The molecule has 0 fully saturated rings. The molecule has 5 aromatic rings. The van der Waals surface area contributed by atoms with Gasteiger partial charge >= 0.3 is 18.3 Å². The highest BCUT2D eigenvalue weighted by Gasteiger charge is 2.31. The molecular weight excluding hydrogens is 845 g/mol. The van der Waals surface area contributed by atoms with Gasteiger partial charge in [0.25, 0.3) is 0 Å². The number of amides is 6. The van der Waals surface area contributed by atoms with Crippen LogP contribution in [-0.4, -0.2) is 78.9 Å². The number of nitrogens with one attached hydrogen (secondary N) is 6. The second-order valence-electron chi connectivity index (χ2n) is 15.7. The Morgan fingerprint density at radius 1 is 0.621 bits per heavy atom. The number of carbonyl (C=O) groups excluding carboxylic acids is 5. The zero-order chi connectivity index (χ0) is 46.7. The fourth-order valence-corrected chi connectivity index (χ4v) is 7.19. The van der Waals surface area contributed by atoms with Gasteiger partial charge in [-0.05, 0) is 76.4 Å². The maximum Gasteiger partial charge on any atom is 0.408 e. The van der Waals surface area contributed by atoms with Gasteiger partial charge in [-0.2, -0.15) is 0 Å². The van der Waals surface area contributed by atoms with E-state index in [1.807, 2.05) is 104 Å². The zero-order valence-corrected chi connectivity index (χ0v) is 36.5. The van der Waals surface area contributed by atoms with E-state index in [1.165, 1.54) is 0 Å². The largest absolute Gasteiger partial charge is 0.489 e. The summed E-state index contributed by atoms with van der Waals surface area (Å²) in [6, 6.07) is 35.4. The van der Waals surface area contributed by atoms with Crippen molar-refractivity contribution in [3.63, 3.8) is 0 Å². The van der Waals surface area contributed by atoms with Crippen molar-refractivity contribution >= 4 is 36.0 Å². The summed E-state index contributed by atoms with van der Waals surface area (Å²) in [5, 5.41) is 25.2. The fraction of sp³-hybridized carbons (Fsp3) is 0.280. The van der Waals surface area contributed by atoms with Crippen LogP contribution in [0.25, 0.3) is 11.1 Å². The molecule has 3 atom stereocenters. The lowest BCUT2D eigenvalue weighted by Crippen LogP contribution is -2.57. The Balaban J connectivity index is 1.29. The van der Waals surface area contributed by atoms with Gasteiger partial charge in [0.15, 0.2) is 0 Å². The zero-order valence-electron chi connectivity index (χ0n) is 36.5. The number of ether oxygens (including phenoxy) is 3. The van der Waals surface area contributed by atoms with Crippen molar-refractivity contribution in [2.24, 2.45) is 0 Å². The van der Waals surface area contributed by atoms with E-state index in [0.717, 1.165) is 38.9 Å². The molecule has 16 heteroatoms. The molecule has 66 heavy (non-hydrogen) atoms. The van der Waals surface area contributed by atoms with Crippen LogP contribution in [0.15, 0.2) is 127 Å². The molecular formula is C50H54N6O10. The van der Waals surface area contributed by atoms with Gasteiger partial charge in [-0.1, -0.05) is 115 Å². The third kappa shape index (κ3) is 14.9. The van der Waals surface area contributed by atoms with Gasteiger partial charge < -0.3 is 51.2 Å². The lowest BCUT2D eigenvalue weighted by molar-refractivity contribution is -0.132. The minimum absolute atomic E-state index is 0.000868. The lowest BCUT2D eigenvalue weighted by Gasteiger charge is -2.26. The first-order chi connectivity index (χ1) is 32.0. The highest BCUT2D eigenvalue weighted by atomic mass is 16.6. The predicted molar refractivity (Wildman–Crippen MR) is 245 cm³/mol. The Bertz CT molecular complexity index is 2440. The fourth-order valence-electron chi connectivity index (χ4n) is 7.19. The Kier molecular flexibility index (Phi) is 17.5. The average molecular weight is 899 g/mol. The van der Waals surface area contributed by atoms with E-state index in [2.05, 4.69) is 31.9 Å². The first-order valence-electron chi connectivity index (χ1n) is 21.7. The summed E-state index contributed by atoms with van der Waals surface area (Å²) >= 11 is 0. The van der Waals surface area contributed by atoms with E-state index in [0.29, 0.717) is 11.3 Å². The van der Waals surface area contributed by atoms with Crippen LogP contribution >= 0.6 is 0 Å². The standard InChI is InChI=1S/C50H54N6O10/c1-33-19-20-37-26-39(33)28-42(45(57)51-24-25-53-49(62)65-31-35-14-7-3-8-15-35)55-46(58)41(18-11-23-52-48(60)61)54-47(59)43(56-50(63)66-32-36-16-9-4-10-17-36)29-40-27-38(37)21-22-44(40)64-30-34-12-5-2-6-13-34/h2-10,12-17,19-22,26-27,41-43,52H,11,18,23-25,28-32H2,1H3,(H,51,57)(H,53,62)(H,54,59)(H,55,58)(H,56,63)(H,60,61)/t41-,42-,43-/m0/s1. The first-order valence-corrected chi connectivity index (χ1v) is 21.7. The molecule has 0 saturated heterocycles. The van der Waals surface area contributed by atoms with Crippen molar-refractivity contribution in [1.82, 2.24) is 31.9 Å². The minimum atomic E-state index is -1.31. The lowest BCUT2D eigenvalue weighted by atomic mass is 9.93. The summed E-state index contributed by atoms with van der Waals surface area (Å²) < 4.78 is 17.1. The summed E-state index contributed by atoms with van der Waals surface area (Å²) in [5.74, 6) is -1.56. The van der Waals surface area contributed by atoms with Crippen molar-refractivity contribution in [1.29, 1.82) is 0 Å². The number of carbonyl (C=O) groups is 6. The van der Waals surface area contributed by atoms with E-state index in [-0.39, 0.29) is 65.1 Å². The van der Waals surface area contributed by atoms with Crippen LogP contribution in [0.1, 0.15) is 46.2 Å². The molecule has 16 nitrogen and oxygen atoms in total. The molecule has 6 amide bonds. The molecule has 0 spiro atoms. The molecule has 0 aromatic heterocycles. The van der Waals surface area contributed by atoms with E-state index >= 15 is 0 Å². The van der Waals surface area contributed by atoms with Crippen LogP contribution in [0.5, 0.6) is 5.75 Å². The van der Waals surface area contributed by atoms with Crippen LogP contribution in [0.2, 0.25) is 0 Å². The summed E-state index contributed by atoms with van der Waals surface area (Å²) in [4.78, 5) is 79.9. The number of alkyl carbamates (subject to hydrolysis) is 2. The second kappa shape index (κ2) is 24.3. The minimum Gasteiger partial charge on any atom is -0.489 e. The summed E-state index contributed by atoms with van der Waals surface area (Å²) in [7, 11) is 0. The Labute approximate surface area is 382 Å². The SMILES string of the molecule is Cc1ccc2cc1C[C@@H](C(=O)NCCNC(=O)OCc1ccccc1)NC(=O)[C@H](CCCNC(=O)O)NC(=O)[C@@H](NC(=O)OCc1ccccc1)Cc1cc-2ccc1OCc1ccccc1. The molecule has 4 bridgehead atoms. The normalized spacial score (nSPS) is 15.9. The van der Waals surface area contributed by atoms with Crippen molar-refractivity contribution in [2.45, 2.75) is 70.6 Å². The maximum absolute atomic E-state index is 14.5. The van der Waals surface area contributed by atoms with Gasteiger partial charge in [0.05, 0.1) is 0 Å². The number of hydrogen-bond acceptors (Lipinski definition) is 9. The predicted octanol–water partition coefficient (Wildman–Crippen LogP) is 5.69. The van der Waals surface area contributed by atoms with E-state index in [1.54, 1.807) is 30.3 Å². The quantitative estimate of drug-likeness (QED) is 0.0599. The van der Waals surface area contributed by atoms with Crippen LogP contribution in [0.4, 0.5) is 14.4 Å². The highest BCUT2D eigenvalue weighted by Crippen LogP contribution is 2.31. The van der Waals surface area contributed by atoms with E-state index in [4.69, 9.17) is 14.2 Å². The summed E-state index contributed by atoms with van der Waals surface area (Å²) in [5.41, 5.74) is 6.17. The second-order valence-corrected chi connectivity index (χ2v) is 15.7. The maximum atomic E-state index is 14.5. The Morgan fingerprint density at radius 3 is 1.83 bits per heavy atom. The third-order valence-electron chi connectivity index (χ3n) is 10.8. The van der Waals surface area contributed by atoms with Gasteiger partial charge in [-0.25, -0.2) is 14.4 Å². The van der Waals surface area contributed by atoms with Crippen molar-refractivity contribution in [2.75, 3.05) is 19.6 Å². The van der Waals surface area contributed by atoms with Crippen molar-refractivity contribution in [3.05, 3.63) is 161 Å². The molecule has 7 N–H and O–H groups in total. The highest BCUT2D eigenvalue weighted by molar-refractivity contribution is 5.94. The van der Waals surface area contributed by atoms with E-state index < -0.39 is 54.1 Å². The first kappa shape index (κ1) is 47.6.